The molecule has 1 aromatic heterocycles. The Morgan fingerprint density at radius 2 is 2.19 bits per heavy atom. The van der Waals surface area contributed by atoms with Gasteiger partial charge in [-0.3, -0.25) is 4.79 Å². The van der Waals surface area contributed by atoms with E-state index in [1.54, 1.807) is 6.26 Å². The second-order valence-electron chi connectivity index (χ2n) is 6.26. The number of hydrogen-bond donors (Lipinski definition) is 1. The molecule has 0 aromatic carbocycles. The predicted octanol–water partition coefficient (Wildman–Crippen LogP) is 3.32. The van der Waals surface area contributed by atoms with E-state index in [0.29, 0.717) is 31.5 Å². The molecule has 21 heavy (non-hydrogen) atoms. The lowest BCUT2D eigenvalue weighted by molar-refractivity contribution is -0.134. The van der Waals surface area contributed by atoms with Crippen molar-refractivity contribution in [2.24, 2.45) is 11.7 Å². The van der Waals surface area contributed by atoms with Crippen LogP contribution in [-0.2, 0) is 11.3 Å². The summed E-state index contributed by atoms with van der Waals surface area (Å²) in [6, 6.07) is 4.23. The molecule has 0 bridgehead atoms. The van der Waals surface area contributed by atoms with E-state index < -0.39 is 0 Å². The van der Waals surface area contributed by atoms with Gasteiger partial charge in [0, 0.05) is 12.5 Å². The van der Waals surface area contributed by atoms with Crippen LogP contribution in [-0.4, -0.2) is 23.4 Å². The zero-order chi connectivity index (χ0) is 15.1. The molecule has 1 saturated carbocycles. The number of carbonyl (C=O) groups excluding carboxylic acids is 1. The summed E-state index contributed by atoms with van der Waals surface area (Å²) in [7, 11) is 0. The first-order valence-corrected chi connectivity index (χ1v) is 8.22. The minimum absolute atomic E-state index is 0.266. The highest BCUT2D eigenvalue weighted by molar-refractivity contribution is 5.76. The number of carbonyl (C=O) groups is 1. The number of nitrogens with two attached hydrogens (primary N) is 1. The smallest absolute Gasteiger partial charge is 0.223 e. The van der Waals surface area contributed by atoms with Crippen LogP contribution in [0.15, 0.2) is 22.8 Å². The van der Waals surface area contributed by atoms with Crippen molar-refractivity contribution in [2.75, 3.05) is 6.54 Å². The number of nitrogens with zero attached hydrogens (tertiary/aromatic N) is 1. The van der Waals surface area contributed by atoms with E-state index in [-0.39, 0.29) is 5.91 Å². The Labute approximate surface area is 127 Å². The highest BCUT2D eigenvalue weighted by Crippen LogP contribution is 2.26. The molecule has 0 saturated heterocycles. The van der Waals surface area contributed by atoms with Crippen molar-refractivity contribution in [3.63, 3.8) is 0 Å². The van der Waals surface area contributed by atoms with Crippen LogP contribution in [0.3, 0.4) is 0 Å². The highest BCUT2D eigenvalue weighted by atomic mass is 16.3. The second kappa shape index (κ2) is 8.23. The summed E-state index contributed by atoms with van der Waals surface area (Å²) in [5.41, 5.74) is 5.58. The van der Waals surface area contributed by atoms with Crippen LogP contribution < -0.4 is 5.73 Å². The molecule has 118 valence electrons. The zero-order valence-corrected chi connectivity index (χ0v) is 13.1. The van der Waals surface area contributed by atoms with Gasteiger partial charge in [-0.15, -0.1) is 0 Å². The molecule has 2 N–H and O–H groups in total. The van der Waals surface area contributed by atoms with Crippen LogP contribution in [0, 0.1) is 5.92 Å². The summed E-state index contributed by atoms with van der Waals surface area (Å²) in [6.45, 7) is 3.49. The van der Waals surface area contributed by atoms with E-state index in [0.717, 1.165) is 31.4 Å². The Hall–Kier alpha value is -1.29. The lowest BCUT2D eigenvalue weighted by Crippen LogP contribution is -2.38. The molecule has 2 rings (SSSR count). The van der Waals surface area contributed by atoms with Crippen molar-refractivity contribution in [2.45, 2.75) is 64.5 Å². The number of furan rings is 1. The van der Waals surface area contributed by atoms with Crippen LogP contribution in [0.5, 0.6) is 0 Å². The normalized spacial score (nSPS) is 17.0. The molecule has 0 aliphatic heterocycles. The third-order valence-electron chi connectivity index (χ3n) is 4.50. The molecule has 1 aromatic rings. The molecule has 1 aliphatic rings. The summed E-state index contributed by atoms with van der Waals surface area (Å²) in [5, 5.41) is 0. The number of amides is 1. The van der Waals surface area contributed by atoms with E-state index in [4.69, 9.17) is 10.2 Å². The summed E-state index contributed by atoms with van der Waals surface area (Å²) >= 11 is 0. The molecule has 4 heteroatoms. The average molecular weight is 292 g/mol. The van der Waals surface area contributed by atoms with Gasteiger partial charge in [0.05, 0.1) is 12.8 Å². The second-order valence-corrected chi connectivity index (χ2v) is 6.26. The van der Waals surface area contributed by atoms with Crippen molar-refractivity contribution >= 4 is 5.91 Å². The molecule has 1 heterocycles. The fourth-order valence-corrected chi connectivity index (χ4v) is 3.15. The van der Waals surface area contributed by atoms with E-state index >= 15 is 0 Å². The maximum Gasteiger partial charge on any atom is 0.223 e. The van der Waals surface area contributed by atoms with Crippen LogP contribution in [0.2, 0.25) is 0 Å². The molecule has 1 atom stereocenters. The van der Waals surface area contributed by atoms with Crippen LogP contribution in [0.25, 0.3) is 0 Å². The van der Waals surface area contributed by atoms with Crippen LogP contribution in [0.4, 0.5) is 0 Å². The lowest BCUT2D eigenvalue weighted by atomic mass is 10.0. The Morgan fingerprint density at radius 1 is 1.43 bits per heavy atom. The van der Waals surface area contributed by atoms with Crippen LogP contribution >= 0.6 is 0 Å². The van der Waals surface area contributed by atoms with Gasteiger partial charge in [0.15, 0.2) is 0 Å². The molecule has 1 fully saturated rings. The Balaban J connectivity index is 1.92. The number of hydrogen-bond acceptors (Lipinski definition) is 3. The zero-order valence-electron chi connectivity index (χ0n) is 13.1. The largest absolute Gasteiger partial charge is 0.467 e. The van der Waals surface area contributed by atoms with Gasteiger partial charge < -0.3 is 15.1 Å². The average Bonchev–Trinajstić information content (AvgIpc) is 3.15. The number of rotatable bonds is 8. The Bertz CT molecular complexity index is 410. The van der Waals surface area contributed by atoms with E-state index in [1.807, 2.05) is 17.0 Å². The van der Waals surface area contributed by atoms with E-state index in [9.17, 15) is 4.79 Å². The molecule has 1 amide bonds. The third-order valence-corrected chi connectivity index (χ3v) is 4.50. The predicted molar refractivity (Wildman–Crippen MR) is 83.6 cm³/mol. The summed E-state index contributed by atoms with van der Waals surface area (Å²) in [5.74, 6) is 1.67. The molecular formula is C17H28N2O2. The first kappa shape index (κ1) is 16.1. The van der Waals surface area contributed by atoms with Crippen molar-refractivity contribution in [3.05, 3.63) is 24.2 Å². The standard InChI is InChI=1S/C17H28N2O2/c1-14(10-11-18)8-9-17(20)19(15-5-2-3-6-15)13-16-7-4-12-21-16/h4,7,12,14-15H,2-3,5-6,8-11,13,18H2,1H3. The van der Waals surface area contributed by atoms with Gasteiger partial charge in [-0.1, -0.05) is 19.8 Å². The van der Waals surface area contributed by atoms with E-state index in [1.165, 1.54) is 12.8 Å². The fraction of sp³-hybridized carbons (Fsp3) is 0.706. The van der Waals surface area contributed by atoms with Crippen LogP contribution in [0.1, 0.15) is 57.6 Å². The maximum absolute atomic E-state index is 12.6. The molecule has 0 spiro atoms. The van der Waals surface area contributed by atoms with Gasteiger partial charge in [-0.25, -0.2) is 0 Å². The van der Waals surface area contributed by atoms with Gasteiger partial charge in [-0.05, 0) is 50.3 Å². The minimum atomic E-state index is 0.266. The summed E-state index contributed by atoms with van der Waals surface area (Å²) in [4.78, 5) is 14.7. The van der Waals surface area contributed by atoms with Gasteiger partial charge >= 0.3 is 0 Å². The molecule has 1 aliphatic carbocycles. The summed E-state index contributed by atoms with van der Waals surface area (Å²) in [6.07, 6.45) is 8.95. The Kier molecular flexibility index (Phi) is 6.30. The molecular weight excluding hydrogens is 264 g/mol. The molecule has 1 unspecified atom stereocenters. The van der Waals surface area contributed by atoms with Gasteiger partial charge in [0.1, 0.15) is 5.76 Å². The molecule has 4 nitrogen and oxygen atoms in total. The van der Waals surface area contributed by atoms with E-state index in [2.05, 4.69) is 6.92 Å². The molecule has 0 radical (unpaired) electrons. The first-order valence-electron chi connectivity index (χ1n) is 8.22. The van der Waals surface area contributed by atoms with Crippen molar-refractivity contribution in [3.8, 4) is 0 Å². The fourth-order valence-electron chi connectivity index (χ4n) is 3.15. The monoisotopic (exact) mass is 292 g/mol. The SMILES string of the molecule is CC(CCN)CCC(=O)N(Cc1ccco1)C1CCCC1. The third kappa shape index (κ3) is 4.88. The lowest BCUT2D eigenvalue weighted by Gasteiger charge is -2.28. The van der Waals surface area contributed by atoms with Gasteiger partial charge in [0.2, 0.25) is 5.91 Å². The van der Waals surface area contributed by atoms with Crippen molar-refractivity contribution in [1.82, 2.24) is 4.90 Å². The quantitative estimate of drug-likeness (QED) is 0.799. The minimum Gasteiger partial charge on any atom is -0.467 e. The first-order chi connectivity index (χ1) is 10.2. The van der Waals surface area contributed by atoms with Gasteiger partial charge in [-0.2, -0.15) is 0 Å². The maximum atomic E-state index is 12.6. The van der Waals surface area contributed by atoms with Crippen molar-refractivity contribution < 1.29 is 9.21 Å². The van der Waals surface area contributed by atoms with Crippen molar-refractivity contribution in [1.29, 1.82) is 0 Å². The highest BCUT2D eigenvalue weighted by Gasteiger charge is 2.27. The van der Waals surface area contributed by atoms with Gasteiger partial charge in [0.25, 0.3) is 0 Å². The summed E-state index contributed by atoms with van der Waals surface area (Å²) < 4.78 is 5.43. The topological polar surface area (TPSA) is 59.5 Å². The Morgan fingerprint density at radius 3 is 2.81 bits per heavy atom.